The van der Waals surface area contributed by atoms with Gasteiger partial charge in [0, 0.05) is 64.1 Å². The third-order valence-electron chi connectivity index (χ3n) is 5.73. The Morgan fingerprint density at radius 3 is 2.46 bits per heavy atom. The molecule has 0 spiro atoms. The quantitative estimate of drug-likeness (QED) is 0.839. The van der Waals surface area contributed by atoms with Gasteiger partial charge in [-0.15, -0.1) is 0 Å². The number of hydrogen-bond donors (Lipinski definition) is 0. The summed E-state index contributed by atoms with van der Waals surface area (Å²) in [5, 5.41) is 0. The van der Waals surface area contributed by atoms with Crippen molar-refractivity contribution in [2.24, 2.45) is 5.92 Å². The molecule has 5 heteroatoms. The predicted molar refractivity (Wildman–Crippen MR) is 94.0 cm³/mol. The van der Waals surface area contributed by atoms with Crippen LogP contribution in [0.5, 0.6) is 0 Å². The van der Waals surface area contributed by atoms with Gasteiger partial charge in [-0.05, 0) is 43.0 Å². The zero-order valence-electron chi connectivity index (χ0n) is 14.4. The maximum atomic E-state index is 13.0. The average Bonchev–Trinajstić information content (AvgIpc) is 2.60. The number of anilines is 1. The van der Waals surface area contributed by atoms with E-state index in [1.54, 1.807) is 12.1 Å². The van der Waals surface area contributed by atoms with E-state index in [1.165, 1.54) is 32.5 Å². The number of benzene rings is 1. The van der Waals surface area contributed by atoms with Crippen LogP contribution in [0.25, 0.3) is 0 Å². The third-order valence-corrected chi connectivity index (χ3v) is 5.73. The van der Waals surface area contributed by atoms with Gasteiger partial charge in [-0.2, -0.15) is 0 Å². The summed E-state index contributed by atoms with van der Waals surface area (Å²) >= 11 is 0. The Labute approximate surface area is 144 Å². The largest absolute Gasteiger partial charge is 0.381 e. The molecule has 3 saturated heterocycles. The van der Waals surface area contributed by atoms with E-state index in [1.807, 2.05) is 12.1 Å². The number of piperazine rings is 1. The summed E-state index contributed by atoms with van der Waals surface area (Å²) in [4.78, 5) is 7.59. The van der Waals surface area contributed by atoms with Crippen molar-refractivity contribution in [3.05, 3.63) is 30.1 Å². The lowest BCUT2D eigenvalue weighted by atomic mass is 9.98. The maximum Gasteiger partial charge on any atom is 0.123 e. The Hall–Kier alpha value is -1.17. The highest BCUT2D eigenvalue weighted by molar-refractivity contribution is 5.46. The van der Waals surface area contributed by atoms with Crippen molar-refractivity contribution >= 4 is 5.69 Å². The second-order valence-electron chi connectivity index (χ2n) is 7.45. The second kappa shape index (κ2) is 7.38. The molecule has 0 bridgehead atoms. The molecule has 0 N–H and O–H groups in total. The monoisotopic (exact) mass is 333 g/mol. The van der Waals surface area contributed by atoms with Crippen molar-refractivity contribution < 1.29 is 9.13 Å². The summed E-state index contributed by atoms with van der Waals surface area (Å²) in [6, 6.07) is 7.62. The molecule has 24 heavy (non-hydrogen) atoms. The summed E-state index contributed by atoms with van der Waals surface area (Å²) in [7, 11) is 0. The molecule has 1 atom stereocenters. The normalized spacial score (nSPS) is 27.2. The summed E-state index contributed by atoms with van der Waals surface area (Å²) in [6.45, 7) is 9.86. The number of rotatable bonds is 4. The van der Waals surface area contributed by atoms with E-state index in [9.17, 15) is 4.39 Å². The van der Waals surface area contributed by atoms with E-state index in [0.29, 0.717) is 0 Å². The SMILES string of the molecule is Fc1ccc(N2CCN(C3CN(CC4CCCOC4)C3)CC2)cc1. The highest BCUT2D eigenvalue weighted by Gasteiger charge is 2.34. The van der Waals surface area contributed by atoms with E-state index in [0.717, 1.165) is 57.0 Å². The van der Waals surface area contributed by atoms with Gasteiger partial charge in [0.15, 0.2) is 0 Å². The van der Waals surface area contributed by atoms with Gasteiger partial charge in [0.25, 0.3) is 0 Å². The Morgan fingerprint density at radius 2 is 1.79 bits per heavy atom. The summed E-state index contributed by atoms with van der Waals surface area (Å²) in [6.07, 6.45) is 2.56. The van der Waals surface area contributed by atoms with Crippen LogP contribution in [0.1, 0.15) is 12.8 Å². The van der Waals surface area contributed by atoms with Gasteiger partial charge in [-0.3, -0.25) is 9.80 Å². The molecular weight excluding hydrogens is 305 g/mol. The summed E-state index contributed by atoms with van der Waals surface area (Å²) in [5.74, 6) is 0.588. The van der Waals surface area contributed by atoms with Crippen molar-refractivity contribution in [2.75, 3.05) is 63.9 Å². The minimum atomic E-state index is -0.157. The topological polar surface area (TPSA) is 19.0 Å². The predicted octanol–water partition coefficient (Wildman–Crippen LogP) is 2.06. The van der Waals surface area contributed by atoms with Crippen LogP contribution in [0.2, 0.25) is 0 Å². The van der Waals surface area contributed by atoms with Crippen LogP contribution in [0.3, 0.4) is 0 Å². The van der Waals surface area contributed by atoms with E-state index >= 15 is 0 Å². The Morgan fingerprint density at radius 1 is 1.04 bits per heavy atom. The fourth-order valence-electron chi connectivity index (χ4n) is 4.24. The highest BCUT2D eigenvalue weighted by atomic mass is 19.1. The second-order valence-corrected chi connectivity index (χ2v) is 7.45. The molecule has 4 rings (SSSR count). The molecule has 0 saturated carbocycles. The van der Waals surface area contributed by atoms with Crippen molar-refractivity contribution in [3.63, 3.8) is 0 Å². The van der Waals surface area contributed by atoms with Crippen LogP contribution in [0.15, 0.2) is 24.3 Å². The number of hydrogen-bond acceptors (Lipinski definition) is 4. The first-order chi connectivity index (χ1) is 11.8. The van der Waals surface area contributed by atoms with Gasteiger partial charge in [-0.25, -0.2) is 4.39 Å². The van der Waals surface area contributed by atoms with Crippen molar-refractivity contribution in [1.82, 2.24) is 9.80 Å². The number of nitrogens with zero attached hydrogens (tertiary/aromatic N) is 3. The standard InChI is InChI=1S/C19H28FN3O/c20-17-3-5-18(6-4-17)22-7-9-23(10-8-22)19-13-21(14-19)12-16-2-1-11-24-15-16/h3-6,16,19H,1-2,7-15H2. The molecule has 3 aliphatic heterocycles. The van der Waals surface area contributed by atoms with Crippen LogP contribution in [0, 0.1) is 11.7 Å². The lowest BCUT2D eigenvalue weighted by Crippen LogP contribution is -2.63. The zero-order valence-corrected chi connectivity index (χ0v) is 14.4. The van der Waals surface area contributed by atoms with E-state index in [4.69, 9.17) is 4.74 Å². The number of likely N-dealkylation sites (tertiary alicyclic amines) is 1. The van der Waals surface area contributed by atoms with Crippen LogP contribution in [0.4, 0.5) is 10.1 Å². The van der Waals surface area contributed by atoms with Gasteiger partial charge in [-0.1, -0.05) is 0 Å². The fraction of sp³-hybridized carbons (Fsp3) is 0.684. The first kappa shape index (κ1) is 16.3. The summed E-state index contributed by atoms with van der Waals surface area (Å²) < 4.78 is 18.6. The Balaban J connectivity index is 1.19. The molecule has 0 amide bonds. The van der Waals surface area contributed by atoms with Crippen LogP contribution in [-0.2, 0) is 4.74 Å². The minimum Gasteiger partial charge on any atom is -0.381 e. The molecule has 0 aliphatic carbocycles. The highest BCUT2D eigenvalue weighted by Crippen LogP contribution is 2.23. The van der Waals surface area contributed by atoms with Gasteiger partial charge in [0.2, 0.25) is 0 Å². The molecule has 3 fully saturated rings. The Bertz CT molecular complexity index is 518. The average molecular weight is 333 g/mol. The first-order valence-electron chi connectivity index (χ1n) is 9.32. The van der Waals surface area contributed by atoms with E-state index < -0.39 is 0 Å². The first-order valence-corrected chi connectivity index (χ1v) is 9.32. The molecule has 1 unspecified atom stereocenters. The number of ether oxygens (including phenoxy) is 1. The lowest BCUT2D eigenvalue weighted by Gasteiger charge is -2.49. The van der Waals surface area contributed by atoms with E-state index in [-0.39, 0.29) is 5.82 Å². The van der Waals surface area contributed by atoms with Crippen molar-refractivity contribution in [1.29, 1.82) is 0 Å². The molecule has 3 aliphatic rings. The molecular formula is C19H28FN3O. The van der Waals surface area contributed by atoms with E-state index in [2.05, 4.69) is 14.7 Å². The smallest absolute Gasteiger partial charge is 0.123 e. The van der Waals surface area contributed by atoms with Gasteiger partial charge in [0.1, 0.15) is 5.82 Å². The maximum absolute atomic E-state index is 13.0. The summed E-state index contributed by atoms with van der Waals surface area (Å²) in [5.41, 5.74) is 1.14. The molecule has 1 aromatic rings. The fourth-order valence-corrected chi connectivity index (χ4v) is 4.24. The van der Waals surface area contributed by atoms with Gasteiger partial charge in [0.05, 0.1) is 6.61 Å². The van der Waals surface area contributed by atoms with Crippen LogP contribution < -0.4 is 4.90 Å². The van der Waals surface area contributed by atoms with Crippen molar-refractivity contribution in [3.8, 4) is 0 Å². The van der Waals surface area contributed by atoms with Crippen LogP contribution >= 0.6 is 0 Å². The lowest BCUT2D eigenvalue weighted by molar-refractivity contribution is -0.00941. The minimum absolute atomic E-state index is 0.157. The molecule has 4 nitrogen and oxygen atoms in total. The zero-order chi connectivity index (χ0) is 16.4. The Kier molecular flexibility index (Phi) is 5.01. The van der Waals surface area contributed by atoms with Crippen molar-refractivity contribution in [2.45, 2.75) is 18.9 Å². The van der Waals surface area contributed by atoms with Gasteiger partial charge >= 0.3 is 0 Å². The molecule has 1 aromatic carbocycles. The van der Waals surface area contributed by atoms with Crippen LogP contribution in [-0.4, -0.2) is 74.9 Å². The van der Waals surface area contributed by atoms with Gasteiger partial charge < -0.3 is 9.64 Å². The molecule has 3 heterocycles. The molecule has 132 valence electrons. The number of halogens is 1. The third kappa shape index (κ3) is 3.73. The molecule has 0 radical (unpaired) electrons. The molecule has 0 aromatic heterocycles.